The van der Waals surface area contributed by atoms with Crippen LogP contribution >= 0.6 is 0 Å². The van der Waals surface area contributed by atoms with E-state index in [1.54, 1.807) is 0 Å². The Morgan fingerprint density at radius 2 is 2.19 bits per heavy atom. The van der Waals surface area contributed by atoms with E-state index in [2.05, 4.69) is 48.5 Å². The van der Waals surface area contributed by atoms with Crippen LogP contribution in [0.5, 0.6) is 0 Å². The van der Waals surface area contributed by atoms with Crippen molar-refractivity contribution < 1.29 is 4.74 Å². The number of likely N-dealkylation sites (N-methyl/N-ethyl adjacent to an activating group) is 1. The van der Waals surface area contributed by atoms with Gasteiger partial charge in [0.25, 0.3) is 0 Å². The van der Waals surface area contributed by atoms with Crippen LogP contribution in [0, 0.1) is 0 Å². The van der Waals surface area contributed by atoms with E-state index in [0.717, 1.165) is 30.8 Å². The lowest BCUT2D eigenvalue weighted by atomic mass is 10.1. The lowest BCUT2D eigenvalue weighted by Crippen LogP contribution is -2.37. The molecule has 1 fully saturated rings. The highest BCUT2D eigenvalue weighted by Crippen LogP contribution is 2.30. The van der Waals surface area contributed by atoms with Crippen molar-refractivity contribution in [2.75, 3.05) is 25.6 Å². The predicted molar refractivity (Wildman–Crippen MR) is 86.7 cm³/mol. The molecule has 0 amide bonds. The third kappa shape index (κ3) is 2.74. The van der Waals surface area contributed by atoms with Gasteiger partial charge in [-0.3, -0.25) is 4.98 Å². The Balaban J connectivity index is 2.06. The van der Waals surface area contributed by atoms with Crippen LogP contribution in [-0.4, -0.2) is 37.8 Å². The summed E-state index contributed by atoms with van der Waals surface area (Å²) in [6.07, 6.45) is 1.35. The lowest BCUT2D eigenvalue weighted by molar-refractivity contribution is 0.118. The van der Waals surface area contributed by atoms with Gasteiger partial charge in [-0.1, -0.05) is 18.2 Å². The number of para-hydroxylation sites is 1. The normalized spacial score (nSPS) is 21.9. The number of pyridine rings is 1. The van der Waals surface area contributed by atoms with Gasteiger partial charge in [0.1, 0.15) is 0 Å². The minimum absolute atomic E-state index is 0.273. The average Bonchev–Trinajstić information content (AvgIpc) is 2.92. The van der Waals surface area contributed by atoms with Gasteiger partial charge in [0, 0.05) is 31.3 Å². The van der Waals surface area contributed by atoms with Gasteiger partial charge in [-0.05, 0) is 32.5 Å². The van der Waals surface area contributed by atoms with E-state index in [1.165, 1.54) is 11.1 Å². The summed E-state index contributed by atoms with van der Waals surface area (Å²) in [4.78, 5) is 7.10. The molecule has 1 aliphatic rings. The molecular formula is C17H23N3O. The first-order chi connectivity index (χ1) is 10.2. The highest BCUT2D eigenvalue weighted by molar-refractivity contribution is 5.92. The van der Waals surface area contributed by atoms with Gasteiger partial charge in [0.2, 0.25) is 0 Å². The second-order valence-electron chi connectivity index (χ2n) is 5.72. The summed E-state index contributed by atoms with van der Waals surface area (Å²) in [5.74, 6) is 0. The molecule has 0 bridgehead atoms. The fourth-order valence-corrected chi connectivity index (χ4v) is 3.18. The molecular weight excluding hydrogens is 262 g/mol. The Morgan fingerprint density at radius 1 is 1.38 bits per heavy atom. The van der Waals surface area contributed by atoms with Crippen molar-refractivity contribution >= 4 is 16.6 Å². The van der Waals surface area contributed by atoms with E-state index < -0.39 is 0 Å². The largest absolute Gasteiger partial charge is 0.376 e. The maximum atomic E-state index is 5.73. The lowest BCUT2D eigenvalue weighted by Gasteiger charge is -2.30. The standard InChI is InChI=1S/C17H23N3O/c1-12-16(8-9-21-12)20(3)17-10-13(11-18-2)19-15-7-5-4-6-14(15)17/h4-7,10,12,16,18H,8-9,11H2,1-3H3. The van der Waals surface area contributed by atoms with Gasteiger partial charge < -0.3 is 15.0 Å². The number of hydrogen-bond donors (Lipinski definition) is 1. The molecule has 2 atom stereocenters. The smallest absolute Gasteiger partial charge is 0.0750 e. The van der Waals surface area contributed by atoms with Gasteiger partial charge in [-0.15, -0.1) is 0 Å². The summed E-state index contributed by atoms with van der Waals surface area (Å²) in [5.41, 5.74) is 3.37. The number of benzene rings is 1. The first-order valence-electron chi connectivity index (χ1n) is 7.58. The summed E-state index contributed by atoms with van der Waals surface area (Å²) >= 11 is 0. The van der Waals surface area contributed by atoms with Crippen molar-refractivity contribution in [3.63, 3.8) is 0 Å². The van der Waals surface area contributed by atoms with E-state index in [0.29, 0.717) is 6.04 Å². The van der Waals surface area contributed by atoms with Crippen molar-refractivity contribution in [1.82, 2.24) is 10.3 Å². The molecule has 1 N–H and O–H groups in total. The molecule has 2 heterocycles. The van der Waals surface area contributed by atoms with Crippen LogP contribution in [-0.2, 0) is 11.3 Å². The Hall–Kier alpha value is -1.65. The van der Waals surface area contributed by atoms with E-state index in [-0.39, 0.29) is 6.10 Å². The summed E-state index contributed by atoms with van der Waals surface area (Å²) in [6.45, 7) is 3.79. The number of ether oxygens (including phenoxy) is 1. The first kappa shape index (κ1) is 14.3. The number of aromatic nitrogens is 1. The van der Waals surface area contributed by atoms with Crippen molar-refractivity contribution in [3.05, 3.63) is 36.0 Å². The molecule has 2 unspecified atom stereocenters. The van der Waals surface area contributed by atoms with Crippen molar-refractivity contribution in [3.8, 4) is 0 Å². The molecule has 21 heavy (non-hydrogen) atoms. The minimum Gasteiger partial charge on any atom is -0.376 e. The molecule has 0 radical (unpaired) electrons. The minimum atomic E-state index is 0.273. The number of fused-ring (bicyclic) bond motifs is 1. The predicted octanol–water partition coefficient (Wildman–Crippen LogP) is 2.57. The van der Waals surface area contributed by atoms with Crippen molar-refractivity contribution in [1.29, 1.82) is 0 Å². The molecule has 4 nitrogen and oxygen atoms in total. The van der Waals surface area contributed by atoms with Gasteiger partial charge in [-0.25, -0.2) is 0 Å². The monoisotopic (exact) mass is 285 g/mol. The van der Waals surface area contributed by atoms with Crippen LogP contribution in [0.25, 0.3) is 10.9 Å². The number of rotatable bonds is 4. The number of anilines is 1. The zero-order valence-electron chi connectivity index (χ0n) is 13.0. The molecule has 3 rings (SSSR count). The molecule has 1 saturated heterocycles. The summed E-state index contributed by atoms with van der Waals surface area (Å²) in [5, 5.41) is 4.39. The molecule has 0 aliphatic carbocycles. The highest BCUT2D eigenvalue weighted by atomic mass is 16.5. The number of hydrogen-bond acceptors (Lipinski definition) is 4. The number of nitrogens with one attached hydrogen (secondary N) is 1. The van der Waals surface area contributed by atoms with Crippen LogP contribution in [0.1, 0.15) is 19.0 Å². The van der Waals surface area contributed by atoms with E-state index in [1.807, 2.05) is 13.1 Å². The Bertz CT molecular complexity index is 628. The zero-order valence-corrected chi connectivity index (χ0v) is 13.0. The molecule has 0 spiro atoms. The van der Waals surface area contributed by atoms with Crippen LogP contribution in [0.15, 0.2) is 30.3 Å². The van der Waals surface area contributed by atoms with Gasteiger partial charge in [0.05, 0.1) is 23.4 Å². The van der Waals surface area contributed by atoms with E-state index >= 15 is 0 Å². The van der Waals surface area contributed by atoms with E-state index in [9.17, 15) is 0 Å². The number of nitrogens with zero attached hydrogens (tertiary/aromatic N) is 2. The Labute approximate surface area is 126 Å². The van der Waals surface area contributed by atoms with Crippen LogP contribution in [0.4, 0.5) is 5.69 Å². The Morgan fingerprint density at radius 3 is 2.90 bits per heavy atom. The molecule has 1 aliphatic heterocycles. The third-order valence-corrected chi connectivity index (χ3v) is 4.32. The van der Waals surface area contributed by atoms with Gasteiger partial charge in [-0.2, -0.15) is 0 Å². The quantitative estimate of drug-likeness (QED) is 0.937. The molecule has 112 valence electrons. The van der Waals surface area contributed by atoms with Crippen LogP contribution in [0.2, 0.25) is 0 Å². The zero-order chi connectivity index (χ0) is 14.8. The molecule has 0 saturated carbocycles. The molecule has 4 heteroatoms. The second kappa shape index (κ2) is 6.00. The maximum Gasteiger partial charge on any atom is 0.0750 e. The average molecular weight is 285 g/mol. The topological polar surface area (TPSA) is 37.4 Å². The molecule has 1 aromatic heterocycles. The van der Waals surface area contributed by atoms with Crippen LogP contribution < -0.4 is 10.2 Å². The molecule has 1 aromatic carbocycles. The SMILES string of the molecule is CNCc1cc(N(C)C2CCOC2C)c2ccccc2n1. The summed E-state index contributed by atoms with van der Waals surface area (Å²) in [6, 6.07) is 11.0. The van der Waals surface area contributed by atoms with Crippen molar-refractivity contribution in [2.24, 2.45) is 0 Å². The third-order valence-electron chi connectivity index (χ3n) is 4.32. The molecule has 2 aromatic rings. The van der Waals surface area contributed by atoms with Gasteiger partial charge >= 0.3 is 0 Å². The Kier molecular flexibility index (Phi) is 4.08. The second-order valence-corrected chi connectivity index (χ2v) is 5.72. The summed E-state index contributed by atoms with van der Waals surface area (Å²) < 4.78 is 5.73. The summed E-state index contributed by atoms with van der Waals surface area (Å²) in [7, 11) is 4.12. The van der Waals surface area contributed by atoms with Gasteiger partial charge in [0.15, 0.2) is 0 Å². The fourth-order valence-electron chi connectivity index (χ4n) is 3.18. The first-order valence-corrected chi connectivity index (χ1v) is 7.58. The maximum absolute atomic E-state index is 5.73. The van der Waals surface area contributed by atoms with Crippen molar-refractivity contribution in [2.45, 2.75) is 32.0 Å². The van der Waals surface area contributed by atoms with E-state index in [4.69, 9.17) is 9.72 Å². The fraction of sp³-hybridized carbons (Fsp3) is 0.471. The van der Waals surface area contributed by atoms with Crippen LogP contribution in [0.3, 0.4) is 0 Å². The highest BCUT2D eigenvalue weighted by Gasteiger charge is 2.29.